The molecule has 1 unspecified atom stereocenters. The summed E-state index contributed by atoms with van der Waals surface area (Å²) in [6, 6.07) is 0.342. The molecular weight excluding hydrogens is 178 g/mol. The average molecular weight is 193 g/mol. The summed E-state index contributed by atoms with van der Waals surface area (Å²) in [6.07, 6.45) is 9.53. The van der Waals surface area contributed by atoms with E-state index in [-0.39, 0.29) is 5.97 Å². The van der Waals surface area contributed by atoms with Crippen molar-refractivity contribution < 1.29 is 9.53 Å². The fourth-order valence-corrected chi connectivity index (χ4v) is 2.01. The molecule has 1 aliphatic heterocycles. The monoisotopic (exact) mass is 193 g/mol. The number of carbonyl (C=O) groups excluding carboxylic acids is 1. The Hall–Kier alpha value is -1.09. The Morgan fingerprint density at radius 3 is 3.00 bits per heavy atom. The van der Waals surface area contributed by atoms with Gasteiger partial charge in [-0.2, -0.15) is 0 Å². The lowest BCUT2D eigenvalue weighted by atomic mass is 9.91. The zero-order chi connectivity index (χ0) is 9.97. The third-order valence-corrected chi connectivity index (χ3v) is 2.87. The van der Waals surface area contributed by atoms with Crippen LogP contribution in [0.2, 0.25) is 0 Å². The molecule has 14 heavy (non-hydrogen) atoms. The van der Waals surface area contributed by atoms with Crippen LogP contribution in [0.25, 0.3) is 0 Å². The van der Waals surface area contributed by atoms with Gasteiger partial charge in [-0.05, 0) is 19.4 Å². The Bertz CT molecular complexity index is 283. The maximum Gasteiger partial charge on any atom is 0.320 e. The molecule has 1 saturated heterocycles. The van der Waals surface area contributed by atoms with Gasteiger partial charge < -0.3 is 4.74 Å². The first-order valence-corrected chi connectivity index (χ1v) is 4.96. The normalized spacial score (nSPS) is 33.1. The SMILES string of the molecule is CN1CC(=O)OC[C@@H]1C1C=CC=CC1. The summed E-state index contributed by atoms with van der Waals surface area (Å²) in [5.74, 6) is 0.372. The van der Waals surface area contributed by atoms with Crippen LogP contribution in [0.15, 0.2) is 24.3 Å². The van der Waals surface area contributed by atoms with E-state index in [2.05, 4.69) is 29.2 Å². The molecule has 0 N–H and O–H groups in total. The van der Waals surface area contributed by atoms with E-state index in [1.54, 1.807) is 0 Å². The molecule has 0 bridgehead atoms. The number of hydrogen-bond acceptors (Lipinski definition) is 3. The predicted molar refractivity (Wildman–Crippen MR) is 53.8 cm³/mol. The lowest BCUT2D eigenvalue weighted by Crippen LogP contribution is -2.48. The molecule has 0 saturated carbocycles. The van der Waals surface area contributed by atoms with Gasteiger partial charge in [0.25, 0.3) is 0 Å². The number of nitrogens with zero attached hydrogens (tertiary/aromatic N) is 1. The first-order chi connectivity index (χ1) is 6.77. The van der Waals surface area contributed by atoms with Crippen LogP contribution in [-0.4, -0.2) is 37.1 Å². The molecule has 3 nitrogen and oxygen atoms in total. The summed E-state index contributed by atoms with van der Waals surface area (Å²) in [5.41, 5.74) is 0. The van der Waals surface area contributed by atoms with E-state index in [0.717, 1.165) is 6.42 Å². The van der Waals surface area contributed by atoms with E-state index in [0.29, 0.717) is 25.1 Å². The highest BCUT2D eigenvalue weighted by atomic mass is 16.5. The molecular formula is C11H15NO2. The third-order valence-electron chi connectivity index (χ3n) is 2.87. The molecule has 2 aliphatic rings. The molecule has 76 valence electrons. The van der Waals surface area contributed by atoms with Crippen LogP contribution in [0, 0.1) is 5.92 Å². The number of cyclic esters (lactones) is 1. The second kappa shape index (κ2) is 3.96. The number of ether oxygens (including phenoxy) is 1. The third kappa shape index (κ3) is 1.87. The highest BCUT2D eigenvalue weighted by Gasteiger charge is 2.30. The Kier molecular flexibility index (Phi) is 2.68. The van der Waals surface area contributed by atoms with Gasteiger partial charge in [0, 0.05) is 0 Å². The Balaban J connectivity index is 2.00. The fourth-order valence-electron chi connectivity index (χ4n) is 2.01. The van der Waals surface area contributed by atoms with Crippen molar-refractivity contribution in [2.24, 2.45) is 5.92 Å². The minimum absolute atomic E-state index is 0.112. The molecule has 0 aromatic carbocycles. The van der Waals surface area contributed by atoms with Crippen LogP contribution in [0.4, 0.5) is 0 Å². The van der Waals surface area contributed by atoms with Crippen LogP contribution >= 0.6 is 0 Å². The van der Waals surface area contributed by atoms with Gasteiger partial charge in [0.05, 0.1) is 12.6 Å². The van der Waals surface area contributed by atoms with Gasteiger partial charge in [0.1, 0.15) is 6.61 Å². The number of allylic oxidation sites excluding steroid dienone is 3. The first-order valence-electron chi connectivity index (χ1n) is 4.96. The van der Waals surface area contributed by atoms with Gasteiger partial charge in [0.2, 0.25) is 0 Å². The zero-order valence-corrected chi connectivity index (χ0v) is 8.35. The molecule has 2 rings (SSSR count). The number of rotatable bonds is 1. The van der Waals surface area contributed by atoms with E-state index in [9.17, 15) is 4.79 Å². The molecule has 0 spiro atoms. The van der Waals surface area contributed by atoms with Crippen LogP contribution in [-0.2, 0) is 9.53 Å². The quantitative estimate of drug-likeness (QED) is 0.581. The Labute approximate surface area is 84.0 Å². The largest absolute Gasteiger partial charge is 0.463 e. The molecule has 2 atom stereocenters. The highest BCUT2D eigenvalue weighted by Crippen LogP contribution is 2.22. The smallest absolute Gasteiger partial charge is 0.320 e. The van der Waals surface area contributed by atoms with Crippen molar-refractivity contribution in [2.75, 3.05) is 20.2 Å². The lowest BCUT2D eigenvalue weighted by molar-refractivity contribution is -0.154. The van der Waals surface area contributed by atoms with Gasteiger partial charge in [-0.1, -0.05) is 24.3 Å². The van der Waals surface area contributed by atoms with Crippen LogP contribution < -0.4 is 0 Å². The summed E-state index contributed by atoms with van der Waals surface area (Å²) in [7, 11) is 1.98. The second-order valence-electron chi connectivity index (χ2n) is 3.88. The summed E-state index contributed by atoms with van der Waals surface area (Å²) in [6.45, 7) is 0.941. The standard InChI is InChI=1S/C11H15NO2/c1-12-7-11(13)14-8-10(12)9-5-3-2-4-6-9/h2-5,9-10H,6-8H2,1H3/t9?,10-/m1/s1. The number of carbonyl (C=O) groups is 1. The van der Waals surface area contributed by atoms with Crippen molar-refractivity contribution in [1.29, 1.82) is 0 Å². The van der Waals surface area contributed by atoms with Crippen LogP contribution in [0.3, 0.4) is 0 Å². The topological polar surface area (TPSA) is 29.5 Å². The van der Waals surface area contributed by atoms with Crippen molar-refractivity contribution in [3.05, 3.63) is 24.3 Å². The Morgan fingerprint density at radius 1 is 1.50 bits per heavy atom. The van der Waals surface area contributed by atoms with Crippen molar-refractivity contribution in [3.8, 4) is 0 Å². The van der Waals surface area contributed by atoms with Gasteiger partial charge in [0.15, 0.2) is 0 Å². The number of morpholine rings is 1. The summed E-state index contributed by atoms with van der Waals surface area (Å²) >= 11 is 0. The van der Waals surface area contributed by atoms with Crippen molar-refractivity contribution in [2.45, 2.75) is 12.5 Å². The number of hydrogen-bond donors (Lipinski definition) is 0. The van der Waals surface area contributed by atoms with Crippen LogP contribution in [0.5, 0.6) is 0 Å². The van der Waals surface area contributed by atoms with E-state index in [1.165, 1.54) is 0 Å². The number of likely N-dealkylation sites (N-methyl/N-ethyl adjacent to an activating group) is 1. The molecule has 1 aliphatic carbocycles. The van der Waals surface area contributed by atoms with E-state index < -0.39 is 0 Å². The molecule has 0 radical (unpaired) electrons. The molecule has 0 aromatic rings. The van der Waals surface area contributed by atoms with Gasteiger partial charge in [-0.15, -0.1) is 0 Å². The first kappa shape index (κ1) is 9.46. The average Bonchev–Trinajstić information content (AvgIpc) is 2.19. The predicted octanol–water partition coefficient (Wildman–Crippen LogP) is 0.976. The minimum Gasteiger partial charge on any atom is -0.463 e. The van der Waals surface area contributed by atoms with Gasteiger partial charge >= 0.3 is 5.97 Å². The van der Waals surface area contributed by atoms with Crippen molar-refractivity contribution in [1.82, 2.24) is 4.90 Å². The van der Waals surface area contributed by atoms with E-state index >= 15 is 0 Å². The summed E-state index contributed by atoms with van der Waals surface area (Å²) in [4.78, 5) is 13.1. The Morgan fingerprint density at radius 2 is 2.36 bits per heavy atom. The minimum atomic E-state index is -0.112. The van der Waals surface area contributed by atoms with Gasteiger partial charge in [-0.25, -0.2) is 0 Å². The second-order valence-corrected chi connectivity index (χ2v) is 3.88. The van der Waals surface area contributed by atoms with Crippen molar-refractivity contribution >= 4 is 5.97 Å². The summed E-state index contributed by atoms with van der Waals surface area (Å²) < 4.78 is 5.08. The molecule has 0 amide bonds. The molecule has 0 aromatic heterocycles. The fraction of sp³-hybridized carbons (Fsp3) is 0.545. The van der Waals surface area contributed by atoms with E-state index in [4.69, 9.17) is 4.74 Å². The molecule has 1 heterocycles. The molecule has 1 fully saturated rings. The van der Waals surface area contributed by atoms with Crippen LogP contribution in [0.1, 0.15) is 6.42 Å². The van der Waals surface area contributed by atoms with E-state index in [1.807, 2.05) is 7.05 Å². The number of esters is 1. The van der Waals surface area contributed by atoms with Crippen molar-refractivity contribution in [3.63, 3.8) is 0 Å². The lowest BCUT2D eigenvalue weighted by Gasteiger charge is -2.36. The summed E-state index contributed by atoms with van der Waals surface area (Å²) in [5, 5.41) is 0. The van der Waals surface area contributed by atoms with Gasteiger partial charge in [-0.3, -0.25) is 9.69 Å². The molecule has 3 heteroatoms. The zero-order valence-electron chi connectivity index (χ0n) is 8.35. The maximum atomic E-state index is 11.0. The maximum absolute atomic E-state index is 11.0. The highest BCUT2D eigenvalue weighted by molar-refractivity contribution is 5.72.